The Kier molecular flexibility index (Phi) is 6.99. The third-order valence-electron chi connectivity index (χ3n) is 4.53. The van der Waals surface area contributed by atoms with Crippen LogP contribution >= 0.6 is 35.0 Å². The largest absolute Gasteiger partial charge is 0.496 e. The van der Waals surface area contributed by atoms with Crippen LogP contribution in [0.5, 0.6) is 5.75 Å². The van der Waals surface area contributed by atoms with E-state index >= 15 is 0 Å². The lowest BCUT2D eigenvalue weighted by Gasteiger charge is -2.12. The summed E-state index contributed by atoms with van der Waals surface area (Å²) < 4.78 is 10.7. The second-order valence-electron chi connectivity index (χ2n) is 6.59. The monoisotopic (exact) mass is 485 g/mol. The zero-order valence-corrected chi connectivity index (χ0v) is 19.2. The SMILES string of the molecule is COc1ccccc1/C=N\N=C1\S/C(=C\c2cccc(Cl)c2Cl)C(=O)N1Cc1ccco1. The fourth-order valence-corrected chi connectivity index (χ4v) is 4.26. The van der Waals surface area contributed by atoms with Gasteiger partial charge in [0, 0.05) is 5.56 Å². The Morgan fingerprint density at radius 3 is 2.69 bits per heavy atom. The van der Waals surface area contributed by atoms with E-state index in [1.807, 2.05) is 24.3 Å². The van der Waals surface area contributed by atoms with E-state index in [1.54, 1.807) is 56.0 Å². The summed E-state index contributed by atoms with van der Waals surface area (Å²) in [7, 11) is 1.59. The third kappa shape index (κ3) is 4.91. The van der Waals surface area contributed by atoms with Gasteiger partial charge in [-0.25, -0.2) is 0 Å². The Morgan fingerprint density at radius 2 is 1.91 bits per heavy atom. The molecule has 32 heavy (non-hydrogen) atoms. The molecule has 1 aliphatic heterocycles. The Morgan fingerprint density at radius 1 is 1.09 bits per heavy atom. The number of ether oxygens (including phenoxy) is 1. The molecular weight excluding hydrogens is 469 g/mol. The van der Waals surface area contributed by atoms with E-state index in [-0.39, 0.29) is 12.5 Å². The number of para-hydroxylation sites is 1. The summed E-state index contributed by atoms with van der Waals surface area (Å²) in [5.74, 6) is 1.08. The first-order chi connectivity index (χ1) is 15.6. The van der Waals surface area contributed by atoms with Gasteiger partial charge in [0.2, 0.25) is 0 Å². The van der Waals surface area contributed by atoms with Crippen molar-refractivity contribution in [1.82, 2.24) is 4.90 Å². The molecule has 0 saturated carbocycles. The topological polar surface area (TPSA) is 67.4 Å². The molecule has 0 atom stereocenters. The molecule has 1 aromatic heterocycles. The fraction of sp³-hybridized carbons (Fsp3) is 0.0870. The summed E-state index contributed by atoms with van der Waals surface area (Å²) >= 11 is 13.6. The number of amidine groups is 1. The first-order valence-electron chi connectivity index (χ1n) is 9.48. The number of furan rings is 1. The maximum absolute atomic E-state index is 13.1. The van der Waals surface area contributed by atoms with Gasteiger partial charge in [-0.05, 0) is 53.7 Å². The molecule has 1 fully saturated rings. The van der Waals surface area contributed by atoms with Crippen molar-refractivity contribution < 1.29 is 13.9 Å². The number of carbonyl (C=O) groups excluding carboxylic acids is 1. The quantitative estimate of drug-likeness (QED) is 0.240. The molecule has 0 bridgehead atoms. The summed E-state index contributed by atoms with van der Waals surface area (Å²) in [5, 5.41) is 9.69. The molecule has 9 heteroatoms. The molecule has 2 aromatic carbocycles. The molecule has 0 aliphatic carbocycles. The van der Waals surface area contributed by atoms with Crippen molar-refractivity contribution in [2.45, 2.75) is 6.54 Å². The van der Waals surface area contributed by atoms with Crippen LogP contribution in [0.1, 0.15) is 16.9 Å². The van der Waals surface area contributed by atoms with Crippen molar-refractivity contribution in [2.75, 3.05) is 7.11 Å². The molecule has 2 heterocycles. The molecule has 3 aromatic rings. The number of rotatable bonds is 6. The zero-order valence-electron chi connectivity index (χ0n) is 16.9. The molecule has 1 amide bonds. The van der Waals surface area contributed by atoms with E-state index in [1.165, 1.54) is 16.7 Å². The van der Waals surface area contributed by atoms with E-state index in [4.69, 9.17) is 32.4 Å². The lowest BCUT2D eigenvalue weighted by atomic mass is 10.2. The van der Waals surface area contributed by atoms with Crippen LogP contribution in [0.2, 0.25) is 10.0 Å². The highest BCUT2D eigenvalue weighted by atomic mass is 35.5. The van der Waals surface area contributed by atoms with Crippen molar-refractivity contribution in [3.8, 4) is 5.75 Å². The fourth-order valence-electron chi connectivity index (χ4n) is 2.97. The highest BCUT2D eigenvalue weighted by Gasteiger charge is 2.34. The van der Waals surface area contributed by atoms with Crippen molar-refractivity contribution >= 4 is 58.3 Å². The molecule has 162 valence electrons. The van der Waals surface area contributed by atoms with Gasteiger partial charge in [0.25, 0.3) is 5.91 Å². The summed E-state index contributed by atoms with van der Waals surface area (Å²) in [6.07, 6.45) is 4.84. The second kappa shape index (κ2) is 10.1. The van der Waals surface area contributed by atoms with Gasteiger partial charge in [-0.15, -0.1) is 5.10 Å². The Balaban J connectivity index is 1.66. The number of amides is 1. The van der Waals surface area contributed by atoms with Gasteiger partial charge < -0.3 is 9.15 Å². The normalized spacial score (nSPS) is 16.6. The molecule has 1 saturated heterocycles. The van der Waals surface area contributed by atoms with E-state index in [0.29, 0.717) is 37.2 Å². The Hall–Kier alpha value is -3.00. The summed E-state index contributed by atoms with van der Waals surface area (Å²) in [6.45, 7) is 0.225. The number of thioether (sulfide) groups is 1. The van der Waals surface area contributed by atoms with Crippen molar-refractivity contribution in [2.24, 2.45) is 10.2 Å². The molecule has 0 radical (unpaired) electrons. The average Bonchev–Trinajstić information content (AvgIpc) is 3.41. The standard InChI is InChI=1S/C23H17Cl2N3O3S/c1-30-19-10-3-2-6-16(19)13-26-27-23-28(14-17-8-5-11-31-17)22(29)20(32-23)12-15-7-4-9-18(24)21(15)25/h2-13H,14H2,1H3/b20-12-,26-13-,27-23+. The minimum atomic E-state index is -0.228. The number of hydrogen-bond acceptors (Lipinski definition) is 6. The lowest BCUT2D eigenvalue weighted by molar-refractivity contribution is -0.122. The van der Waals surface area contributed by atoms with E-state index < -0.39 is 0 Å². The van der Waals surface area contributed by atoms with Crippen LogP contribution in [0.15, 0.2) is 80.4 Å². The smallest absolute Gasteiger partial charge is 0.267 e. The lowest BCUT2D eigenvalue weighted by Crippen LogP contribution is -2.28. The Labute approximate surface area is 199 Å². The van der Waals surface area contributed by atoms with Crippen LogP contribution in [0.4, 0.5) is 0 Å². The molecule has 1 aliphatic rings. The average molecular weight is 486 g/mol. The number of carbonyl (C=O) groups is 1. The second-order valence-corrected chi connectivity index (χ2v) is 8.39. The summed E-state index contributed by atoms with van der Waals surface area (Å²) in [4.78, 5) is 15.1. The van der Waals surface area contributed by atoms with Crippen molar-refractivity contribution in [3.05, 3.63) is 92.7 Å². The van der Waals surface area contributed by atoms with Gasteiger partial charge in [-0.2, -0.15) is 5.10 Å². The predicted octanol–water partition coefficient (Wildman–Crippen LogP) is 6.10. The van der Waals surface area contributed by atoms with Crippen molar-refractivity contribution in [3.63, 3.8) is 0 Å². The minimum Gasteiger partial charge on any atom is -0.496 e. The van der Waals surface area contributed by atoms with Crippen molar-refractivity contribution in [1.29, 1.82) is 0 Å². The van der Waals surface area contributed by atoms with Crippen LogP contribution < -0.4 is 4.74 Å². The van der Waals surface area contributed by atoms with E-state index in [0.717, 1.165) is 5.56 Å². The van der Waals surface area contributed by atoms with Gasteiger partial charge in [0.1, 0.15) is 11.5 Å². The number of benzene rings is 2. The number of methoxy groups -OCH3 is 1. The molecule has 4 rings (SSSR count). The Bertz CT molecular complexity index is 1220. The first-order valence-corrected chi connectivity index (χ1v) is 11.1. The van der Waals surface area contributed by atoms with Gasteiger partial charge in [0.05, 0.1) is 41.1 Å². The predicted molar refractivity (Wildman–Crippen MR) is 129 cm³/mol. The van der Waals surface area contributed by atoms with Crippen LogP contribution in [0, 0.1) is 0 Å². The van der Waals surface area contributed by atoms with Crippen LogP contribution in [0.3, 0.4) is 0 Å². The van der Waals surface area contributed by atoms with E-state index in [2.05, 4.69) is 10.2 Å². The summed E-state index contributed by atoms with van der Waals surface area (Å²) in [6, 6.07) is 16.3. The molecular formula is C23H17Cl2N3O3S. The van der Waals surface area contributed by atoms with Gasteiger partial charge in [-0.3, -0.25) is 9.69 Å². The molecule has 0 spiro atoms. The molecule has 0 unspecified atom stereocenters. The number of hydrogen-bond donors (Lipinski definition) is 0. The summed E-state index contributed by atoms with van der Waals surface area (Å²) in [5.41, 5.74) is 1.42. The number of halogens is 2. The maximum Gasteiger partial charge on any atom is 0.267 e. The van der Waals surface area contributed by atoms with Gasteiger partial charge in [-0.1, -0.05) is 47.5 Å². The van der Waals surface area contributed by atoms with Gasteiger partial charge in [0.15, 0.2) is 5.17 Å². The van der Waals surface area contributed by atoms with Crippen LogP contribution in [-0.4, -0.2) is 29.3 Å². The number of nitrogens with zero attached hydrogens (tertiary/aromatic N) is 3. The minimum absolute atomic E-state index is 0.225. The van der Waals surface area contributed by atoms with Gasteiger partial charge >= 0.3 is 0 Å². The van der Waals surface area contributed by atoms with Crippen LogP contribution in [-0.2, 0) is 11.3 Å². The maximum atomic E-state index is 13.1. The molecule has 6 nitrogen and oxygen atoms in total. The first kappa shape index (κ1) is 22.2. The highest BCUT2D eigenvalue weighted by Crippen LogP contribution is 2.36. The van der Waals surface area contributed by atoms with Crippen LogP contribution in [0.25, 0.3) is 6.08 Å². The van der Waals surface area contributed by atoms with E-state index in [9.17, 15) is 4.79 Å². The molecule has 0 N–H and O–H groups in total. The zero-order chi connectivity index (χ0) is 22.5. The highest BCUT2D eigenvalue weighted by molar-refractivity contribution is 8.18. The third-order valence-corrected chi connectivity index (χ3v) is 6.36.